The van der Waals surface area contributed by atoms with Crippen LogP contribution in [-0.4, -0.2) is 34.7 Å². The van der Waals surface area contributed by atoms with Crippen LogP contribution in [0.4, 0.5) is 0 Å². The molecule has 24 heavy (non-hydrogen) atoms. The molecule has 6 nitrogen and oxygen atoms in total. The van der Waals surface area contributed by atoms with Gasteiger partial charge in [-0.1, -0.05) is 18.6 Å². The fraction of sp³-hybridized carbons (Fsp3) is 0.500. The van der Waals surface area contributed by atoms with Gasteiger partial charge < -0.3 is 10.2 Å². The van der Waals surface area contributed by atoms with Crippen LogP contribution < -0.4 is 10.6 Å². The first-order valence-corrected chi connectivity index (χ1v) is 8.61. The molecule has 3 amide bonds. The van der Waals surface area contributed by atoms with Gasteiger partial charge >= 0.3 is 0 Å². The van der Waals surface area contributed by atoms with E-state index < -0.39 is 6.04 Å². The van der Waals surface area contributed by atoms with Crippen LogP contribution in [0.2, 0.25) is 0 Å². The Morgan fingerprint density at radius 1 is 1.17 bits per heavy atom. The minimum Gasteiger partial charge on any atom is -0.322 e. The highest BCUT2D eigenvalue weighted by Crippen LogP contribution is 2.28. The Kier molecular flexibility index (Phi) is 3.84. The SMILES string of the molecule is O=C1CCC(N2Cc3cc(CNC4CCC4)ccc3C2=O)C(=O)N1. The lowest BCUT2D eigenvalue weighted by Gasteiger charge is -2.29. The highest BCUT2D eigenvalue weighted by atomic mass is 16.2. The van der Waals surface area contributed by atoms with Crippen LogP contribution in [0.5, 0.6) is 0 Å². The van der Waals surface area contributed by atoms with E-state index in [1.807, 2.05) is 12.1 Å². The number of imide groups is 1. The number of amides is 3. The fourth-order valence-corrected chi connectivity index (χ4v) is 3.61. The second-order valence-electron chi connectivity index (χ2n) is 6.90. The number of piperidine rings is 1. The molecule has 1 aromatic rings. The van der Waals surface area contributed by atoms with Gasteiger partial charge in [0.1, 0.15) is 6.04 Å². The molecule has 2 aliphatic heterocycles. The molecule has 3 aliphatic rings. The Morgan fingerprint density at radius 2 is 2.00 bits per heavy atom. The van der Waals surface area contributed by atoms with E-state index in [4.69, 9.17) is 0 Å². The van der Waals surface area contributed by atoms with Gasteiger partial charge in [-0.2, -0.15) is 0 Å². The summed E-state index contributed by atoms with van der Waals surface area (Å²) in [4.78, 5) is 37.5. The standard InChI is InChI=1S/C18H21N3O3/c22-16-7-6-15(17(23)20-16)21-10-12-8-11(4-5-14(12)18(21)24)9-19-13-2-1-3-13/h4-5,8,13,15,19H,1-3,6-7,9-10H2,(H,20,22,23). The number of nitrogens with zero attached hydrogens (tertiary/aromatic N) is 1. The summed E-state index contributed by atoms with van der Waals surface area (Å²) in [5.74, 6) is -0.734. The monoisotopic (exact) mass is 327 g/mol. The summed E-state index contributed by atoms with van der Waals surface area (Å²) in [5.41, 5.74) is 2.81. The topological polar surface area (TPSA) is 78.5 Å². The van der Waals surface area contributed by atoms with Crippen molar-refractivity contribution in [3.8, 4) is 0 Å². The normalized spacial score (nSPS) is 23.9. The van der Waals surface area contributed by atoms with Gasteiger partial charge in [-0.25, -0.2) is 0 Å². The first kappa shape index (κ1) is 15.3. The van der Waals surface area contributed by atoms with E-state index in [9.17, 15) is 14.4 Å². The Bertz CT molecular complexity index is 711. The first-order valence-electron chi connectivity index (χ1n) is 8.61. The van der Waals surface area contributed by atoms with Crippen LogP contribution in [0.1, 0.15) is 53.6 Å². The predicted molar refractivity (Wildman–Crippen MR) is 87.0 cm³/mol. The average molecular weight is 327 g/mol. The van der Waals surface area contributed by atoms with Crippen molar-refractivity contribution >= 4 is 17.7 Å². The quantitative estimate of drug-likeness (QED) is 0.812. The lowest BCUT2D eigenvalue weighted by molar-refractivity contribution is -0.136. The number of carbonyl (C=O) groups excluding carboxylic acids is 3. The van der Waals surface area contributed by atoms with Crippen molar-refractivity contribution in [1.82, 2.24) is 15.5 Å². The summed E-state index contributed by atoms with van der Waals surface area (Å²) < 4.78 is 0. The van der Waals surface area contributed by atoms with E-state index in [0.717, 1.165) is 12.1 Å². The lowest BCUT2D eigenvalue weighted by Crippen LogP contribution is -2.52. The second kappa shape index (κ2) is 6.02. The van der Waals surface area contributed by atoms with Crippen LogP contribution in [0.15, 0.2) is 18.2 Å². The molecule has 0 radical (unpaired) electrons. The van der Waals surface area contributed by atoms with E-state index in [-0.39, 0.29) is 24.1 Å². The third-order valence-electron chi connectivity index (χ3n) is 5.29. The van der Waals surface area contributed by atoms with E-state index in [1.54, 1.807) is 4.90 Å². The third-order valence-corrected chi connectivity index (χ3v) is 5.29. The Balaban J connectivity index is 1.47. The van der Waals surface area contributed by atoms with E-state index >= 15 is 0 Å². The highest BCUT2D eigenvalue weighted by Gasteiger charge is 2.39. The van der Waals surface area contributed by atoms with Crippen molar-refractivity contribution < 1.29 is 14.4 Å². The molecule has 0 bridgehead atoms. The van der Waals surface area contributed by atoms with Crippen LogP contribution >= 0.6 is 0 Å². The number of nitrogens with one attached hydrogen (secondary N) is 2. The summed E-state index contributed by atoms with van der Waals surface area (Å²) in [7, 11) is 0. The zero-order valence-electron chi connectivity index (χ0n) is 13.5. The van der Waals surface area contributed by atoms with Crippen molar-refractivity contribution in [1.29, 1.82) is 0 Å². The summed E-state index contributed by atoms with van der Waals surface area (Å²) >= 11 is 0. The molecule has 1 aromatic carbocycles. The van der Waals surface area contributed by atoms with Crippen LogP contribution in [0.3, 0.4) is 0 Å². The van der Waals surface area contributed by atoms with Gasteiger partial charge in [0.2, 0.25) is 11.8 Å². The average Bonchev–Trinajstić information content (AvgIpc) is 2.82. The Labute approximate surface area is 140 Å². The Hall–Kier alpha value is -2.21. The molecule has 2 N–H and O–H groups in total. The molecular formula is C18H21N3O3. The second-order valence-corrected chi connectivity index (χ2v) is 6.90. The van der Waals surface area contributed by atoms with Gasteiger partial charge in [0.25, 0.3) is 5.91 Å². The Morgan fingerprint density at radius 3 is 2.71 bits per heavy atom. The molecule has 1 aliphatic carbocycles. The maximum absolute atomic E-state index is 12.6. The largest absolute Gasteiger partial charge is 0.322 e. The molecule has 1 saturated heterocycles. The maximum atomic E-state index is 12.6. The van der Waals surface area contributed by atoms with Crippen LogP contribution in [0.25, 0.3) is 0 Å². The molecule has 2 heterocycles. The number of rotatable bonds is 4. The molecule has 2 fully saturated rings. The van der Waals surface area contributed by atoms with Crippen molar-refractivity contribution in [2.24, 2.45) is 0 Å². The zero-order valence-corrected chi connectivity index (χ0v) is 13.5. The van der Waals surface area contributed by atoms with E-state index in [1.165, 1.54) is 24.8 Å². The molecule has 6 heteroatoms. The molecule has 126 valence electrons. The smallest absolute Gasteiger partial charge is 0.255 e. The molecule has 1 atom stereocenters. The van der Waals surface area contributed by atoms with Crippen LogP contribution in [0, 0.1) is 0 Å². The first-order chi connectivity index (χ1) is 11.6. The lowest BCUT2D eigenvalue weighted by atomic mass is 9.93. The van der Waals surface area contributed by atoms with Crippen molar-refractivity contribution in [3.05, 3.63) is 34.9 Å². The van der Waals surface area contributed by atoms with Crippen LogP contribution in [-0.2, 0) is 22.7 Å². The molecule has 1 unspecified atom stereocenters. The summed E-state index contributed by atoms with van der Waals surface area (Å²) in [6, 6.07) is 5.99. The molecule has 1 saturated carbocycles. The molecular weight excluding hydrogens is 306 g/mol. The van der Waals surface area contributed by atoms with Crippen molar-refractivity contribution in [2.45, 2.75) is 57.3 Å². The summed E-state index contributed by atoms with van der Waals surface area (Å²) in [6.45, 7) is 1.25. The van der Waals surface area contributed by atoms with E-state index in [2.05, 4.69) is 16.7 Å². The number of fused-ring (bicyclic) bond motifs is 1. The van der Waals surface area contributed by atoms with Gasteiger partial charge in [-0.3, -0.25) is 19.7 Å². The molecule has 4 rings (SSSR count). The third kappa shape index (κ3) is 2.71. The summed E-state index contributed by atoms with van der Waals surface area (Å²) in [6.07, 6.45) is 4.48. The fourth-order valence-electron chi connectivity index (χ4n) is 3.61. The molecule has 0 spiro atoms. The zero-order chi connectivity index (χ0) is 16.7. The highest BCUT2D eigenvalue weighted by molar-refractivity contribution is 6.05. The van der Waals surface area contributed by atoms with Crippen molar-refractivity contribution in [2.75, 3.05) is 0 Å². The predicted octanol–water partition coefficient (Wildman–Crippen LogP) is 1.09. The number of benzene rings is 1. The number of carbonyl (C=O) groups is 3. The van der Waals surface area contributed by atoms with Gasteiger partial charge in [0.05, 0.1) is 0 Å². The van der Waals surface area contributed by atoms with Gasteiger partial charge in [0.15, 0.2) is 0 Å². The van der Waals surface area contributed by atoms with Gasteiger partial charge in [0, 0.05) is 31.1 Å². The maximum Gasteiger partial charge on any atom is 0.255 e. The van der Waals surface area contributed by atoms with E-state index in [0.29, 0.717) is 24.6 Å². The minimum atomic E-state index is -0.542. The van der Waals surface area contributed by atoms with Crippen molar-refractivity contribution in [3.63, 3.8) is 0 Å². The number of hydrogen-bond acceptors (Lipinski definition) is 4. The summed E-state index contributed by atoms with van der Waals surface area (Å²) in [5, 5.41) is 5.85. The van der Waals surface area contributed by atoms with Gasteiger partial charge in [-0.15, -0.1) is 0 Å². The number of hydrogen-bond donors (Lipinski definition) is 2. The minimum absolute atomic E-state index is 0.113. The van der Waals surface area contributed by atoms with Gasteiger partial charge in [-0.05, 0) is 36.5 Å². The molecule has 0 aromatic heterocycles.